The van der Waals surface area contributed by atoms with Crippen LogP contribution in [0.5, 0.6) is 0 Å². The number of nitrogen functional groups attached to an aromatic ring is 1. The van der Waals surface area contributed by atoms with E-state index in [1.807, 2.05) is 0 Å². The van der Waals surface area contributed by atoms with Gasteiger partial charge in [0.1, 0.15) is 5.82 Å². The second kappa shape index (κ2) is 5.81. The standard InChI is InChI=1S/C14H13ClFNO2S/c15-12-3-1-10(2-4-12)8-20(18,19)9-11-5-13(16)7-14(17)6-11/h1-7H,8-9,17H2. The van der Waals surface area contributed by atoms with Crippen LogP contribution in [0.25, 0.3) is 0 Å². The minimum absolute atomic E-state index is 0.124. The van der Waals surface area contributed by atoms with Crippen LogP contribution >= 0.6 is 11.6 Å². The van der Waals surface area contributed by atoms with Crippen molar-refractivity contribution in [2.24, 2.45) is 0 Å². The van der Waals surface area contributed by atoms with Gasteiger partial charge in [-0.3, -0.25) is 0 Å². The number of halogens is 2. The van der Waals surface area contributed by atoms with Gasteiger partial charge in [-0.15, -0.1) is 0 Å². The van der Waals surface area contributed by atoms with Crippen molar-refractivity contribution in [3.8, 4) is 0 Å². The number of nitrogens with two attached hydrogens (primary N) is 1. The molecule has 0 aliphatic carbocycles. The van der Waals surface area contributed by atoms with E-state index in [-0.39, 0.29) is 17.2 Å². The molecular weight excluding hydrogens is 301 g/mol. The predicted molar refractivity (Wildman–Crippen MR) is 78.6 cm³/mol. The molecule has 0 bridgehead atoms. The highest BCUT2D eigenvalue weighted by atomic mass is 35.5. The fraction of sp³-hybridized carbons (Fsp3) is 0.143. The molecule has 0 saturated heterocycles. The van der Waals surface area contributed by atoms with Crippen molar-refractivity contribution in [3.63, 3.8) is 0 Å². The van der Waals surface area contributed by atoms with E-state index in [2.05, 4.69) is 0 Å². The largest absolute Gasteiger partial charge is 0.399 e. The summed E-state index contributed by atoms with van der Waals surface area (Å²) >= 11 is 5.74. The third-order valence-corrected chi connectivity index (χ3v) is 4.46. The second-order valence-corrected chi connectivity index (χ2v) is 7.05. The molecule has 0 aliphatic rings. The molecule has 0 saturated carbocycles. The van der Waals surface area contributed by atoms with Crippen molar-refractivity contribution < 1.29 is 12.8 Å². The first-order valence-electron chi connectivity index (χ1n) is 5.84. The van der Waals surface area contributed by atoms with Gasteiger partial charge >= 0.3 is 0 Å². The van der Waals surface area contributed by atoms with Gasteiger partial charge in [-0.2, -0.15) is 0 Å². The quantitative estimate of drug-likeness (QED) is 0.882. The maximum absolute atomic E-state index is 13.2. The Bertz CT molecular complexity index is 694. The molecule has 2 aromatic carbocycles. The monoisotopic (exact) mass is 313 g/mol. The molecule has 0 heterocycles. The average molecular weight is 314 g/mol. The van der Waals surface area contributed by atoms with Crippen LogP contribution in [0.4, 0.5) is 10.1 Å². The molecule has 0 fully saturated rings. The summed E-state index contributed by atoms with van der Waals surface area (Å²) in [7, 11) is -3.40. The molecule has 0 atom stereocenters. The first kappa shape index (κ1) is 14.8. The molecule has 2 N–H and O–H groups in total. The fourth-order valence-corrected chi connectivity index (χ4v) is 3.50. The van der Waals surface area contributed by atoms with Crippen LogP contribution in [-0.2, 0) is 21.3 Å². The zero-order valence-corrected chi connectivity index (χ0v) is 12.1. The molecule has 2 rings (SSSR count). The van der Waals surface area contributed by atoms with E-state index in [1.165, 1.54) is 12.1 Å². The van der Waals surface area contributed by atoms with E-state index in [9.17, 15) is 12.8 Å². The Morgan fingerprint density at radius 1 is 1.00 bits per heavy atom. The second-order valence-electron chi connectivity index (χ2n) is 4.55. The summed E-state index contributed by atoms with van der Waals surface area (Å²) in [5, 5.41) is 0.545. The summed E-state index contributed by atoms with van der Waals surface area (Å²) in [6, 6.07) is 10.4. The highest BCUT2D eigenvalue weighted by Gasteiger charge is 2.14. The Kier molecular flexibility index (Phi) is 4.30. The molecule has 0 unspecified atom stereocenters. The molecule has 106 valence electrons. The third kappa shape index (κ3) is 4.21. The zero-order chi connectivity index (χ0) is 14.8. The van der Waals surface area contributed by atoms with Gasteiger partial charge in [0.25, 0.3) is 0 Å². The molecule has 6 heteroatoms. The van der Waals surface area contributed by atoms with Crippen LogP contribution in [0.3, 0.4) is 0 Å². The predicted octanol–water partition coefficient (Wildman–Crippen LogP) is 3.18. The minimum Gasteiger partial charge on any atom is -0.399 e. The molecule has 0 aliphatic heterocycles. The van der Waals surface area contributed by atoms with E-state index >= 15 is 0 Å². The van der Waals surface area contributed by atoms with Crippen LogP contribution in [0.1, 0.15) is 11.1 Å². The lowest BCUT2D eigenvalue weighted by molar-refractivity contribution is 0.594. The molecule has 0 amide bonds. The normalized spacial score (nSPS) is 11.5. The number of hydrogen-bond acceptors (Lipinski definition) is 3. The molecule has 0 aromatic heterocycles. The molecule has 3 nitrogen and oxygen atoms in total. The lowest BCUT2D eigenvalue weighted by Gasteiger charge is -2.06. The fourth-order valence-electron chi connectivity index (χ4n) is 1.90. The Labute approximate surface area is 122 Å². The Balaban J connectivity index is 2.16. The minimum atomic E-state index is -3.40. The zero-order valence-electron chi connectivity index (χ0n) is 10.5. The SMILES string of the molecule is Nc1cc(F)cc(CS(=O)(=O)Cc2ccc(Cl)cc2)c1. The van der Waals surface area contributed by atoms with Crippen molar-refractivity contribution in [2.45, 2.75) is 11.5 Å². The van der Waals surface area contributed by atoms with Gasteiger partial charge in [0, 0.05) is 10.7 Å². The number of hydrogen-bond donors (Lipinski definition) is 1. The van der Waals surface area contributed by atoms with E-state index in [4.69, 9.17) is 17.3 Å². The Hall–Kier alpha value is -1.59. The lowest BCUT2D eigenvalue weighted by Crippen LogP contribution is -2.08. The molecule has 0 spiro atoms. The number of rotatable bonds is 4. The van der Waals surface area contributed by atoms with Gasteiger partial charge in [0.15, 0.2) is 9.84 Å². The number of benzene rings is 2. The molecule has 0 radical (unpaired) electrons. The summed E-state index contributed by atoms with van der Waals surface area (Å²) < 4.78 is 37.3. The van der Waals surface area contributed by atoms with Gasteiger partial charge in [-0.25, -0.2) is 12.8 Å². The van der Waals surface area contributed by atoms with Crippen molar-refractivity contribution in [3.05, 3.63) is 64.4 Å². The topological polar surface area (TPSA) is 60.2 Å². The summed E-state index contributed by atoms with van der Waals surface area (Å²) in [5.41, 5.74) is 6.69. The summed E-state index contributed by atoms with van der Waals surface area (Å²) in [6.45, 7) is 0. The summed E-state index contributed by atoms with van der Waals surface area (Å²) in [4.78, 5) is 0. The number of anilines is 1. The summed E-state index contributed by atoms with van der Waals surface area (Å²) in [5.74, 6) is -0.917. The third-order valence-electron chi connectivity index (χ3n) is 2.67. The van der Waals surface area contributed by atoms with Crippen LogP contribution in [0.2, 0.25) is 5.02 Å². The average Bonchev–Trinajstić information content (AvgIpc) is 2.29. The maximum atomic E-state index is 13.2. The molecule has 20 heavy (non-hydrogen) atoms. The van der Waals surface area contributed by atoms with Gasteiger partial charge in [0.2, 0.25) is 0 Å². The van der Waals surface area contributed by atoms with Crippen molar-refractivity contribution in [1.29, 1.82) is 0 Å². The maximum Gasteiger partial charge on any atom is 0.158 e. The van der Waals surface area contributed by atoms with Crippen LogP contribution < -0.4 is 5.73 Å². The van der Waals surface area contributed by atoms with E-state index < -0.39 is 15.7 Å². The van der Waals surface area contributed by atoms with Gasteiger partial charge in [-0.1, -0.05) is 23.7 Å². The highest BCUT2D eigenvalue weighted by molar-refractivity contribution is 7.89. The van der Waals surface area contributed by atoms with E-state index in [0.29, 0.717) is 16.1 Å². The van der Waals surface area contributed by atoms with E-state index in [0.717, 1.165) is 6.07 Å². The highest BCUT2D eigenvalue weighted by Crippen LogP contribution is 2.17. The van der Waals surface area contributed by atoms with Gasteiger partial charge < -0.3 is 5.73 Å². The van der Waals surface area contributed by atoms with Crippen LogP contribution in [0.15, 0.2) is 42.5 Å². The first-order chi connectivity index (χ1) is 9.34. The smallest absolute Gasteiger partial charge is 0.158 e. The Morgan fingerprint density at radius 3 is 2.20 bits per heavy atom. The van der Waals surface area contributed by atoms with Crippen LogP contribution in [0, 0.1) is 5.82 Å². The van der Waals surface area contributed by atoms with Crippen molar-refractivity contribution in [1.82, 2.24) is 0 Å². The summed E-state index contributed by atoms with van der Waals surface area (Å²) in [6.07, 6.45) is 0. The van der Waals surface area contributed by atoms with Crippen molar-refractivity contribution >= 4 is 27.1 Å². The van der Waals surface area contributed by atoms with E-state index in [1.54, 1.807) is 24.3 Å². The number of sulfone groups is 1. The van der Waals surface area contributed by atoms with Crippen molar-refractivity contribution in [2.75, 3.05) is 5.73 Å². The van der Waals surface area contributed by atoms with Crippen LogP contribution in [-0.4, -0.2) is 8.42 Å². The first-order valence-corrected chi connectivity index (χ1v) is 8.04. The van der Waals surface area contributed by atoms with Gasteiger partial charge in [-0.05, 0) is 41.5 Å². The molecular formula is C14H13ClFNO2S. The Morgan fingerprint density at radius 2 is 1.60 bits per heavy atom. The lowest BCUT2D eigenvalue weighted by atomic mass is 10.2. The molecule has 2 aromatic rings. The van der Waals surface area contributed by atoms with Gasteiger partial charge in [0.05, 0.1) is 11.5 Å².